The van der Waals surface area contributed by atoms with Crippen molar-refractivity contribution < 1.29 is 29.0 Å². The lowest BCUT2D eigenvalue weighted by Gasteiger charge is -2.72. The average molecular weight is 667 g/mol. The standard InChI is InChI=1S/C40H62N2O6/c1-23(2)31-26(43)20-40(42-34(47)41-22-24-10-11-24)19-18-38(8)25(32(31)40)12-13-28-37(7)16-15-29(48-30(44)21-35(3,4)33(45)46)36(5,6)27(37)14-17-39(28,38)9/h23-25,27-29H,10-22H2,1-9H3,(H,45,46)(H2,41,42,47)/t25?,27?,28?,29-,37?,38+,39?,40+/m0/s1. The van der Waals surface area contributed by atoms with Crippen LogP contribution in [0.2, 0.25) is 0 Å². The van der Waals surface area contributed by atoms with E-state index >= 15 is 0 Å². The van der Waals surface area contributed by atoms with E-state index in [4.69, 9.17) is 4.74 Å². The van der Waals surface area contributed by atoms with Crippen LogP contribution in [0.1, 0.15) is 139 Å². The number of ether oxygens (including phenoxy) is 1. The number of esters is 1. The molecular weight excluding hydrogens is 604 g/mol. The van der Waals surface area contributed by atoms with Crippen molar-refractivity contribution in [1.82, 2.24) is 10.6 Å². The van der Waals surface area contributed by atoms with Crippen LogP contribution in [0.4, 0.5) is 4.79 Å². The SMILES string of the molecule is CC(C)C1=C2C3CCC4C5(C)CC[C@H](OC(=O)CC(C)(C)C(=O)O)C(C)(C)C5CCC4(C)[C@]3(C)CC[C@@]2(NC(=O)NCC2CC2)CC1=O. The number of fused-ring (bicyclic) bond motifs is 7. The number of carboxylic acids is 1. The number of ketones is 1. The summed E-state index contributed by atoms with van der Waals surface area (Å²) in [6.07, 6.45) is 10.2. The van der Waals surface area contributed by atoms with Crippen LogP contribution in [-0.2, 0) is 19.1 Å². The molecule has 0 aliphatic heterocycles. The molecule has 5 unspecified atom stereocenters. The number of rotatable bonds is 8. The summed E-state index contributed by atoms with van der Waals surface area (Å²) in [5.41, 5.74) is 0.382. The minimum absolute atomic E-state index is 0.00443. The van der Waals surface area contributed by atoms with E-state index < -0.39 is 22.9 Å². The number of Topliss-reactive ketones (excluding diaryl/α,β-unsaturated/α-hetero) is 1. The first-order chi connectivity index (χ1) is 22.2. The summed E-state index contributed by atoms with van der Waals surface area (Å²) in [5, 5.41) is 16.1. The van der Waals surface area contributed by atoms with Crippen molar-refractivity contribution in [3.05, 3.63) is 11.1 Å². The molecule has 6 aliphatic rings. The molecule has 0 bridgehead atoms. The van der Waals surface area contributed by atoms with Gasteiger partial charge in [-0.3, -0.25) is 14.4 Å². The van der Waals surface area contributed by atoms with E-state index in [1.807, 2.05) is 0 Å². The normalized spacial score (nSPS) is 40.3. The minimum atomic E-state index is -1.16. The molecule has 6 rings (SSSR count). The third kappa shape index (κ3) is 5.36. The predicted octanol–water partition coefficient (Wildman–Crippen LogP) is 7.84. The maximum absolute atomic E-state index is 13.8. The van der Waals surface area contributed by atoms with E-state index in [0.717, 1.165) is 56.9 Å². The number of carbonyl (C=O) groups excluding carboxylic acids is 3. The van der Waals surface area contributed by atoms with Gasteiger partial charge >= 0.3 is 18.0 Å². The lowest BCUT2D eigenvalue weighted by Crippen LogP contribution is -2.67. The molecule has 0 spiro atoms. The molecular formula is C40H62N2O6. The van der Waals surface area contributed by atoms with Crippen LogP contribution in [0.15, 0.2) is 11.1 Å². The smallest absolute Gasteiger partial charge is 0.315 e. The Morgan fingerprint density at radius 2 is 1.58 bits per heavy atom. The summed E-state index contributed by atoms with van der Waals surface area (Å²) in [5.74, 6) is 0.646. The summed E-state index contributed by atoms with van der Waals surface area (Å²) in [7, 11) is 0. The second-order valence-electron chi connectivity index (χ2n) is 19.3. The lowest BCUT2D eigenvalue weighted by atomic mass is 9.33. The molecule has 3 N–H and O–H groups in total. The molecule has 0 radical (unpaired) electrons. The topological polar surface area (TPSA) is 122 Å². The third-order valence-corrected chi connectivity index (χ3v) is 15.4. The highest BCUT2D eigenvalue weighted by atomic mass is 16.5. The van der Waals surface area contributed by atoms with Gasteiger partial charge < -0.3 is 20.5 Å². The van der Waals surface area contributed by atoms with Gasteiger partial charge in [-0.15, -0.1) is 0 Å². The Morgan fingerprint density at radius 3 is 2.21 bits per heavy atom. The van der Waals surface area contributed by atoms with Crippen LogP contribution < -0.4 is 10.6 Å². The zero-order valence-electron chi connectivity index (χ0n) is 31.1. The Bertz CT molecular complexity index is 1410. The fourth-order valence-corrected chi connectivity index (χ4v) is 12.4. The first kappa shape index (κ1) is 35.4. The molecule has 8 heteroatoms. The zero-order valence-corrected chi connectivity index (χ0v) is 31.1. The van der Waals surface area contributed by atoms with Crippen LogP contribution in [0.3, 0.4) is 0 Å². The highest BCUT2D eigenvalue weighted by molar-refractivity contribution is 6.02. The second kappa shape index (κ2) is 11.6. The van der Waals surface area contributed by atoms with Crippen LogP contribution >= 0.6 is 0 Å². The lowest BCUT2D eigenvalue weighted by molar-refractivity contribution is -0.232. The van der Waals surface area contributed by atoms with Crippen molar-refractivity contribution >= 4 is 23.8 Å². The van der Waals surface area contributed by atoms with Crippen molar-refractivity contribution in [2.75, 3.05) is 6.54 Å². The van der Waals surface area contributed by atoms with Gasteiger partial charge in [0.2, 0.25) is 0 Å². The summed E-state index contributed by atoms with van der Waals surface area (Å²) < 4.78 is 6.14. The van der Waals surface area contributed by atoms with Crippen molar-refractivity contribution in [3.8, 4) is 0 Å². The molecule has 8 nitrogen and oxygen atoms in total. The van der Waals surface area contributed by atoms with Crippen molar-refractivity contribution in [1.29, 1.82) is 0 Å². The maximum atomic E-state index is 13.8. The second-order valence-corrected chi connectivity index (χ2v) is 19.3. The number of nitrogens with one attached hydrogen (secondary N) is 2. The average Bonchev–Trinajstić information content (AvgIpc) is 3.75. The number of carboxylic acid groups (broad SMARTS) is 1. The highest BCUT2D eigenvalue weighted by Gasteiger charge is 2.70. The van der Waals surface area contributed by atoms with Gasteiger partial charge in [0.05, 0.1) is 17.4 Å². The molecule has 0 aromatic rings. The largest absolute Gasteiger partial charge is 0.481 e. The molecule has 6 aliphatic carbocycles. The molecule has 48 heavy (non-hydrogen) atoms. The monoisotopic (exact) mass is 666 g/mol. The number of carbonyl (C=O) groups is 4. The zero-order chi connectivity index (χ0) is 35.2. The number of hydrogen-bond acceptors (Lipinski definition) is 5. The third-order valence-electron chi connectivity index (χ3n) is 15.4. The van der Waals surface area contributed by atoms with Gasteiger partial charge in [0, 0.05) is 18.4 Å². The number of allylic oxidation sites excluding steroid dienone is 1. The van der Waals surface area contributed by atoms with Gasteiger partial charge in [0.15, 0.2) is 5.78 Å². The van der Waals surface area contributed by atoms with Crippen LogP contribution in [0.25, 0.3) is 0 Å². The van der Waals surface area contributed by atoms with Gasteiger partial charge in [-0.05, 0) is 135 Å². The maximum Gasteiger partial charge on any atom is 0.315 e. The molecule has 8 atom stereocenters. The first-order valence-corrected chi connectivity index (χ1v) is 19.0. The van der Waals surface area contributed by atoms with E-state index in [-0.39, 0.29) is 57.8 Å². The van der Waals surface area contributed by atoms with Gasteiger partial charge in [0.1, 0.15) is 6.10 Å². The molecule has 2 amide bonds. The Morgan fingerprint density at radius 1 is 0.896 bits per heavy atom. The Kier molecular flexibility index (Phi) is 8.55. The van der Waals surface area contributed by atoms with Gasteiger partial charge in [0.25, 0.3) is 0 Å². The van der Waals surface area contributed by atoms with Crippen molar-refractivity contribution in [3.63, 3.8) is 0 Å². The molecule has 0 saturated heterocycles. The van der Waals surface area contributed by atoms with Gasteiger partial charge in [-0.25, -0.2) is 4.79 Å². The summed E-state index contributed by atoms with van der Waals surface area (Å²) >= 11 is 0. The first-order valence-electron chi connectivity index (χ1n) is 19.0. The molecule has 0 heterocycles. The van der Waals surface area contributed by atoms with Crippen LogP contribution in [-0.4, -0.2) is 47.0 Å². The fourth-order valence-electron chi connectivity index (χ4n) is 12.4. The quantitative estimate of drug-likeness (QED) is 0.227. The Balaban J connectivity index is 1.27. The Hall–Kier alpha value is -2.38. The van der Waals surface area contributed by atoms with Gasteiger partial charge in [-0.1, -0.05) is 48.5 Å². The highest BCUT2D eigenvalue weighted by Crippen LogP contribution is 2.76. The predicted molar refractivity (Wildman–Crippen MR) is 185 cm³/mol. The molecule has 5 saturated carbocycles. The number of aliphatic carboxylic acids is 1. The van der Waals surface area contributed by atoms with E-state index in [9.17, 15) is 24.3 Å². The fraction of sp³-hybridized carbons (Fsp3) is 0.850. The van der Waals surface area contributed by atoms with Crippen molar-refractivity contribution in [2.45, 2.75) is 151 Å². The van der Waals surface area contributed by atoms with E-state index in [1.165, 1.54) is 18.4 Å². The molecule has 5 fully saturated rings. The van der Waals surface area contributed by atoms with E-state index in [1.54, 1.807) is 13.8 Å². The Labute approximate surface area is 288 Å². The number of urea groups is 1. The van der Waals surface area contributed by atoms with E-state index in [0.29, 0.717) is 30.7 Å². The van der Waals surface area contributed by atoms with Crippen LogP contribution in [0, 0.1) is 56.7 Å². The van der Waals surface area contributed by atoms with Crippen molar-refractivity contribution in [2.24, 2.45) is 56.7 Å². The number of hydrogen-bond donors (Lipinski definition) is 3. The van der Waals surface area contributed by atoms with Crippen LogP contribution in [0.5, 0.6) is 0 Å². The summed E-state index contributed by atoms with van der Waals surface area (Å²) in [6, 6.07) is -0.125. The minimum Gasteiger partial charge on any atom is -0.481 e. The number of amides is 2. The molecule has 268 valence electrons. The summed E-state index contributed by atoms with van der Waals surface area (Å²) in [6.45, 7) is 20.3. The van der Waals surface area contributed by atoms with E-state index in [2.05, 4.69) is 59.1 Å². The molecule has 0 aromatic heterocycles. The summed E-state index contributed by atoms with van der Waals surface area (Å²) in [4.78, 5) is 51.9. The van der Waals surface area contributed by atoms with Gasteiger partial charge in [-0.2, -0.15) is 0 Å². The molecule has 0 aromatic carbocycles.